The van der Waals surface area contributed by atoms with E-state index in [1.807, 2.05) is 17.6 Å². The van der Waals surface area contributed by atoms with Gasteiger partial charge in [0.25, 0.3) is 0 Å². The molecule has 2 aromatic heterocycles. The first-order valence-electron chi connectivity index (χ1n) is 11.6. The van der Waals surface area contributed by atoms with Crippen molar-refractivity contribution in [2.45, 2.75) is 70.9 Å². The smallest absolute Gasteiger partial charge is 0.217 e. The number of carbonyl (C=O) groups excluding carboxylic acids is 2. The van der Waals surface area contributed by atoms with Crippen molar-refractivity contribution in [2.75, 3.05) is 5.32 Å². The van der Waals surface area contributed by atoms with E-state index in [1.165, 1.54) is 38.2 Å². The number of aromatic nitrogens is 3. The first-order chi connectivity index (χ1) is 16.0. The van der Waals surface area contributed by atoms with Crippen LogP contribution in [-0.2, 0) is 9.59 Å². The molecule has 2 amide bonds. The molecule has 2 aliphatic carbocycles. The van der Waals surface area contributed by atoms with Crippen molar-refractivity contribution in [1.82, 2.24) is 19.9 Å². The molecule has 3 aromatic rings. The van der Waals surface area contributed by atoms with Crippen LogP contribution >= 0.6 is 24.0 Å². The van der Waals surface area contributed by atoms with Gasteiger partial charge in [0.2, 0.25) is 12.3 Å². The highest BCUT2D eigenvalue weighted by atomic mass is 127. The standard InChI is InChI=1S/C17H15FN4O.C8H15NO.HI.2H2/c1-10-7-19-16(21-9-23)6-13(10)11-4-14(18)17-15(5-11)22(8-20-17)12-2-3-12;1-7(10)9-8-5-3-2-4-6-8;;;/h4-9,12H,2-3H2,1H3,(H,19,21,23);8H,2-6H2,1H3,(H,9,10);3*1H. The fraction of sp³-hybridized carbons (Fsp3) is 0.440. The average Bonchev–Trinajstić information content (AvgIpc) is 3.54. The Morgan fingerprint density at radius 2 is 1.88 bits per heavy atom. The van der Waals surface area contributed by atoms with Crippen LogP contribution < -0.4 is 10.6 Å². The third-order valence-electron chi connectivity index (χ3n) is 6.21. The van der Waals surface area contributed by atoms with Crippen LogP contribution in [0.5, 0.6) is 0 Å². The number of nitrogens with zero attached hydrogens (tertiary/aromatic N) is 3. The van der Waals surface area contributed by atoms with E-state index in [2.05, 4.69) is 20.6 Å². The van der Waals surface area contributed by atoms with Gasteiger partial charge in [-0.25, -0.2) is 14.4 Å². The van der Waals surface area contributed by atoms with Crippen LogP contribution in [0.3, 0.4) is 0 Å². The molecule has 186 valence electrons. The van der Waals surface area contributed by atoms with E-state index in [0.717, 1.165) is 35.0 Å². The van der Waals surface area contributed by atoms with Crippen molar-refractivity contribution in [3.05, 3.63) is 42.1 Å². The summed E-state index contributed by atoms with van der Waals surface area (Å²) in [5, 5.41) is 5.47. The lowest BCUT2D eigenvalue weighted by molar-refractivity contribution is -0.119. The summed E-state index contributed by atoms with van der Waals surface area (Å²) in [5.74, 6) is 0.224. The maximum atomic E-state index is 14.4. The van der Waals surface area contributed by atoms with Crippen LogP contribution in [0.15, 0.2) is 30.7 Å². The first kappa shape index (κ1) is 26.1. The number of fused-ring (bicyclic) bond motifs is 1. The number of nitrogens with one attached hydrogen (secondary N) is 2. The van der Waals surface area contributed by atoms with Gasteiger partial charge >= 0.3 is 0 Å². The number of halogens is 2. The number of rotatable bonds is 5. The Morgan fingerprint density at radius 3 is 2.53 bits per heavy atom. The summed E-state index contributed by atoms with van der Waals surface area (Å²) < 4.78 is 16.5. The largest absolute Gasteiger partial charge is 0.354 e. The minimum Gasteiger partial charge on any atom is -0.354 e. The Kier molecular flexibility index (Phi) is 8.98. The highest BCUT2D eigenvalue weighted by Crippen LogP contribution is 2.38. The molecule has 2 aliphatic rings. The van der Waals surface area contributed by atoms with Gasteiger partial charge in [-0.15, -0.1) is 24.0 Å². The molecule has 0 atom stereocenters. The number of hydrogen-bond acceptors (Lipinski definition) is 4. The Hall–Kier alpha value is -2.56. The minimum absolute atomic E-state index is 0. The van der Waals surface area contributed by atoms with Crippen LogP contribution in [0.25, 0.3) is 22.2 Å². The fourth-order valence-electron chi connectivity index (χ4n) is 4.40. The van der Waals surface area contributed by atoms with Gasteiger partial charge in [-0.05, 0) is 67.5 Å². The van der Waals surface area contributed by atoms with Gasteiger partial charge in [0.1, 0.15) is 11.3 Å². The lowest BCUT2D eigenvalue weighted by atomic mass is 9.95. The third kappa shape index (κ3) is 6.31. The number of imidazole rings is 1. The molecule has 2 saturated carbocycles. The fourth-order valence-corrected chi connectivity index (χ4v) is 4.40. The Balaban J connectivity index is 0.000000429. The molecule has 5 rings (SSSR count). The third-order valence-corrected chi connectivity index (χ3v) is 6.21. The number of aryl methyl sites for hydroxylation is 1. The molecule has 0 unspecified atom stereocenters. The van der Waals surface area contributed by atoms with E-state index in [0.29, 0.717) is 29.8 Å². The second-order valence-electron chi connectivity index (χ2n) is 8.89. The zero-order chi connectivity index (χ0) is 23.4. The van der Waals surface area contributed by atoms with Crippen molar-refractivity contribution < 1.29 is 16.8 Å². The molecule has 0 aliphatic heterocycles. The molecular weight excluding hydrogens is 548 g/mol. The Bertz CT molecular complexity index is 1170. The summed E-state index contributed by atoms with van der Waals surface area (Å²) in [6.07, 6.45) is 12.5. The van der Waals surface area contributed by atoms with Crippen LogP contribution in [0.4, 0.5) is 10.2 Å². The zero-order valence-electron chi connectivity index (χ0n) is 19.5. The second kappa shape index (κ2) is 11.7. The highest BCUT2D eigenvalue weighted by Gasteiger charge is 2.26. The molecule has 0 spiro atoms. The molecule has 34 heavy (non-hydrogen) atoms. The van der Waals surface area contributed by atoms with Crippen molar-refractivity contribution in [3.63, 3.8) is 0 Å². The van der Waals surface area contributed by atoms with E-state index in [4.69, 9.17) is 0 Å². The Morgan fingerprint density at radius 1 is 1.15 bits per heavy atom. The number of benzene rings is 1. The molecule has 1 aromatic carbocycles. The Labute approximate surface area is 218 Å². The molecule has 9 heteroatoms. The minimum atomic E-state index is -0.335. The van der Waals surface area contributed by atoms with Crippen LogP contribution in [0, 0.1) is 12.7 Å². The number of hydrogen-bond donors (Lipinski definition) is 2. The van der Waals surface area contributed by atoms with Gasteiger partial charge in [-0.3, -0.25) is 9.59 Å². The number of anilines is 1. The first-order valence-corrected chi connectivity index (χ1v) is 11.6. The summed E-state index contributed by atoms with van der Waals surface area (Å²) in [6.45, 7) is 3.50. The lowest BCUT2D eigenvalue weighted by Crippen LogP contribution is -2.34. The second-order valence-corrected chi connectivity index (χ2v) is 8.89. The number of carbonyl (C=O) groups is 2. The lowest BCUT2D eigenvalue weighted by Gasteiger charge is -2.21. The van der Waals surface area contributed by atoms with Gasteiger partial charge < -0.3 is 15.2 Å². The SMILES string of the molecule is CC(=O)NC1CCCCC1.Cc1cnc(NC=O)cc1-c1cc(F)c2ncn(C3CC3)c2c1.I.[HH].[HH]. The quantitative estimate of drug-likeness (QED) is 0.284. The van der Waals surface area contributed by atoms with Crippen LogP contribution in [0.1, 0.15) is 66.3 Å². The van der Waals surface area contributed by atoms with E-state index < -0.39 is 0 Å². The van der Waals surface area contributed by atoms with Crippen molar-refractivity contribution >= 4 is 53.1 Å². The molecule has 7 nitrogen and oxygen atoms in total. The van der Waals surface area contributed by atoms with Crippen molar-refractivity contribution in [3.8, 4) is 11.1 Å². The zero-order valence-corrected chi connectivity index (χ0v) is 21.8. The predicted molar refractivity (Wildman–Crippen MR) is 146 cm³/mol. The molecule has 2 fully saturated rings. The summed E-state index contributed by atoms with van der Waals surface area (Å²) >= 11 is 0. The maximum Gasteiger partial charge on any atom is 0.217 e. The van der Waals surface area contributed by atoms with E-state index in [9.17, 15) is 14.0 Å². The van der Waals surface area contributed by atoms with Gasteiger partial charge in [0, 0.05) is 28.1 Å². The van der Waals surface area contributed by atoms with Gasteiger partial charge in [-0.1, -0.05) is 19.3 Å². The molecule has 0 saturated heterocycles. The highest BCUT2D eigenvalue weighted by molar-refractivity contribution is 14.0. The number of amides is 2. The monoisotopic (exact) mass is 583 g/mol. The van der Waals surface area contributed by atoms with Gasteiger partial charge in [-0.2, -0.15) is 0 Å². The topological polar surface area (TPSA) is 88.9 Å². The van der Waals surface area contributed by atoms with Crippen molar-refractivity contribution in [2.24, 2.45) is 0 Å². The van der Waals surface area contributed by atoms with Crippen LogP contribution in [-0.4, -0.2) is 32.9 Å². The summed E-state index contributed by atoms with van der Waals surface area (Å²) in [7, 11) is 0. The summed E-state index contributed by atoms with van der Waals surface area (Å²) in [4.78, 5) is 29.5. The van der Waals surface area contributed by atoms with E-state index in [-0.39, 0.29) is 38.6 Å². The molecule has 0 radical (unpaired) electrons. The van der Waals surface area contributed by atoms with E-state index in [1.54, 1.807) is 25.5 Å². The molecule has 0 bridgehead atoms. The molecular formula is C25H35FIN5O2. The van der Waals surface area contributed by atoms with Gasteiger partial charge in [0.15, 0.2) is 5.82 Å². The maximum absolute atomic E-state index is 14.4. The normalized spacial score (nSPS) is 15.6. The van der Waals surface area contributed by atoms with Crippen LogP contribution in [0.2, 0.25) is 0 Å². The summed E-state index contributed by atoms with van der Waals surface area (Å²) in [5.41, 5.74) is 3.72. The van der Waals surface area contributed by atoms with Crippen molar-refractivity contribution in [1.29, 1.82) is 0 Å². The molecule has 2 heterocycles. The average molecular weight is 583 g/mol. The predicted octanol–water partition coefficient (Wildman–Crippen LogP) is 6.01. The van der Waals surface area contributed by atoms with E-state index >= 15 is 0 Å². The summed E-state index contributed by atoms with van der Waals surface area (Å²) in [6, 6.07) is 6.10. The molecule has 2 N–H and O–H groups in total. The number of pyridine rings is 1. The van der Waals surface area contributed by atoms with Gasteiger partial charge in [0.05, 0.1) is 11.8 Å².